The Kier molecular flexibility index (Phi) is 5.47. The van der Waals surface area contributed by atoms with Crippen LogP contribution in [0.25, 0.3) is 11.1 Å². The molecule has 0 radical (unpaired) electrons. The molecule has 0 aliphatic carbocycles. The van der Waals surface area contributed by atoms with Crippen molar-refractivity contribution in [1.29, 1.82) is 0 Å². The van der Waals surface area contributed by atoms with Crippen LogP contribution < -0.4 is 0 Å². The molecule has 9 heteroatoms. The van der Waals surface area contributed by atoms with Crippen molar-refractivity contribution in [2.45, 2.75) is 39.5 Å². The monoisotopic (exact) mass is 488 g/mol. The standard InChI is InChI=1S/C22H22BrFN4O3/c1-22(2,3)31-21(30)26-9-10-28-16(12-26)18(20(29)27-8-7-25-13-27)17(19(28)23)14-5-4-6-15(24)11-14/h4-8,11,13H,9-10,12H2,1-3H3. The van der Waals surface area contributed by atoms with Crippen molar-refractivity contribution in [3.05, 3.63) is 64.7 Å². The molecule has 0 atom stereocenters. The highest BCUT2D eigenvalue weighted by molar-refractivity contribution is 9.10. The summed E-state index contributed by atoms with van der Waals surface area (Å²) < 4.78 is 23.5. The van der Waals surface area contributed by atoms with Crippen LogP contribution in [-0.2, 0) is 17.8 Å². The molecule has 0 bridgehead atoms. The molecule has 1 aliphatic rings. The number of carbonyl (C=O) groups excluding carboxylic acids is 2. The van der Waals surface area contributed by atoms with Gasteiger partial charge in [-0.05, 0) is 54.4 Å². The van der Waals surface area contributed by atoms with Gasteiger partial charge in [-0.3, -0.25) is 9.36 Å². The summed E-state index contributed by atoms with van der Waals surface area (Å²) in [5.74, 6) is -0.706. The van der Waals surface area contributed by atoms with Crippen molar-refractivity contribution in [3.8, 4) is 11.1 Å². The van der Waals surface area contributed by atoms with Crippen LogP contribution in [0.3, 0.4) is 0 Å². The van der Waals surface area contributed by atoms with Gasteiger partial charge in [0, 0.05) is 31.0 Å². The molecule has 0 fully saturated rings. The molecule has 0 N–H and O–H groups in total. The Labute approximate surface area is 187 Å². The summed E-state index contributed by atoms with van der Waals surface area (Å²) in [4.78, 5) is 31.7. The first-order valence-corrected chi connectivity index (χ1v) is 10.6. The minimum absolute atomic E-state index is 0.193. The van der Waals surface area contributed by atoms with E-state index in [1.807, 2.05) is 25.3 Å². The highest BCUT2D eigenvalue weighted by Crippen LogP contribution is 2.39. The van der Waals surface area contributed by atoms with E-state index >= 15 is 0 Å². The Morgan fingerprint density at radius 1 is 1.23 bits per heavy atom. The van der Waals surface area contributed by atoms with Crippen LogP contribution in [0.5, 0.6) is 0 Å². The normalized spacial score (nSPS) is 13.8. The number of carbonyl (C=O) groups is 2. The van der Waals surface area contributed by atoms with E-state index in [0.717, 1.165) is 0 Å². The molecule has 0 saturated carbocycles. The summed E-state index contributed by atoms with van der Waals surface area (Å²) in [6.45, 7) is 6.52. The first-order chi connectivity index (χ1) is 14.7. The zero-order valence-corrected chi connectivity index (χ0v) is 19.0. The lowest BCUT2D eigenvalue weighted by Crippen LogP contribution is -2.41. The van der Waals surface area contributed by atoms with Gasteiger partial charge in [-0.2, -0.15) is 0 Å². The van der Waals surface area contributed by atoms with Gasteiger partial charge >= 0.3 is 6.09 Å². The minimum atomic E-state index is -0.626. The Hall–Kier alpha value is -2.94. The lowest BCUT2D eigenvalue weighted by Gasteiger charge is -2.31. The second-order valence-corrected chi connectivity index (χ2v) is 9.08. The summed E-state index contributed by atoms with van der Waals surface area (Å²) in [5, 5.41) is 0. The minimum Gasteiger partial charge on any atom is -0.444 e. The average molecular weight is 489 g/mol. The Morgan fingerprint density at radius 3 is 2.65 bits per heavy atom. The molecule has 0 spiro atoms. The quantitative estimate of drug-likeness (QED) is 0.524. The smallest absolute Gasteiger partial charge is 0.410 e. The molecule has 4 rings (SSSR count). The zero-order valence-electron chi connectivity index (χ0n) is 17.4. The van der Waals surface area contributed by atoms with E-state index in [2.05, 4.69) is 20.9 Å². The average Bonchev–Trinajstić information content (AvgIpc) is 3.33. The topological polar surface area (TPSA) is 69.4 Å². The molecule has 0 saturated heterocycles. The number of imidazole rings is 1. The van der Waals surface area contributed by atoms with Gasteiger partial charge in [0.1, 0.15) is 17.7 Å². The van der Waals surface area contributed by atoms with Crippen LogP contribution in [0.2, 0.25) is 0 Å². The van der Waals surface area contributed by atoms with E-state index < -0.39 is 17.5 Å². The van der Waals surface area contributed by atoms with Gasteiger partial charge in [-0.25, -0.2) is 14.2 Å². The number of nitrogens with zero attached hydrogens (tertiary/aromatic N) is 4. The van der Waals surface area contributed by atoms with Crippen LogP contribution in [0.4, 0.5) is 9.18 Å². The Balaban J connectivity index is 1.84. The fourth-order valence-electron chi connectivity index (χ4n) is 3.64. The maximum atomic E-state index is 14.0. The summed E-state index contributed by atoms with van der Waals surface area (Å²) in [6, 6.07) is 6.11. The number of amides is 1. The van der Waals surface area contributed by atoms with E-state index in [9.17, 15) is 14.0 Å². The summed E-state index contributed by atoms with van der Waals surface area (Å²) in [5.41, 5.74) is 1.57. The van der Waals surface area contributed by atoms with E-state index in [-0.39, 0.29) is 12.5 Å². The van der Waals surface area contributed by atoms with Crippen molar-refractivity contribution in [2.24, 2.45) is 0 Å². The number of hydrogen-bond donors (Lipinski definition) is 0. The highest BCUT2D eigenvalue weighted by atomic mass is 79.9. The van der Waals surface area contributed by atoms with Gasteiger partial charge in [0.05, 0.1) is 22.4 Å². The van der Waals surface area contributed by atoms with Gasteiger partial charge in [-0.15, -0.1) is 0 Å². The number of fused-ring (bicyclic) bond motifs is 1. The Bertz CT molecular complexity index is 1150. The van der Waals surface area contributed by atoms with E-state index in [1.165, 1.54) is 29.2 Å². The van der Waals surface area contributed by atoms with Crippen LogP contribution in [0, 0.1) is 5.82 Å². The molecular weight excluding hydrogens is 467 g/mol. The predicted octanol–water partition coefficient (Wildman–Crippen LogP) is 4.69. The van der Waals surface area contributed by atoms with Gasteiger partial charge < -0.3 is 14.2 Å². The largest absolute Gasteiger partial charge is 0.444 e. The number of halogens is 2. The second kappa shape index (κ2) is 7.96. The van der Waals surface area contributed by atoms with Gasteiger partial charge in [0.25, 0.3) is 5.91 Å². The third-order valence-corrected chi connectivity index (χ3v) is 5.78. The second-order valence-electron chi connectivity index (χ2n) is 8.33. The predicted molar refractivity (Wildman–Crippen MR) is 116 cm³/mol. The number of aromatic nitrogens is 3. The molecular formula is C22H22BrFN4O3. The van der Waals surface area contributed by atoms with E-state index in [4.69, 9.17) is 4.74 Å². The fraction of sp³-hybridized carbons (Fsp3) is 0.318. The molecule has 3 heterocycles. The number of ether oxygens (including phenoxy) is 1. The lowest BCUT2D eigenvalue weighted by molar-refractivity contribution is 0.0197. The third-order valence-electron chi connectivity index (χ3n) is 4.96. The number of benzene rings is 1. The molecule has 2 aromatic heterocycles. The summed E-state index contributed by atoms with van der Waals surface area (Å²) >= 11 is 3.62. The van der Waals surface area contributed by atoms with E-state index in [0.29, 0.717) is 40.1 Å². The van der Waals surface area contributed by atoms with Crippen LogP contribution in [0.15, 0.2) is 47.6 Å². The molecule has 1 aromatic carbocycles. The maximum absolute atomic E-state index is 14.0. The van der Waals surface area contributed by atoms with Crippen molar-refractivity contribution in [2.75, 3.05) is 6.54 Å². The summed E-state index contributed by atoms with van der Waals surface area (Å²) in [7, 11) is 0. The van der Waals surface area contributed by atoms with Crippen LogP contribution in [-0.4, -0.2) is 43.2 Å². The Morgan fingerprint density at radius 2 is 2.00 bits per heavy atom. The van der Waals surface area contributed by atoms with Crippen molar-refractivity contribution < 1.29 is 18.7 Å². The van der Waals surface area contributed by atoms with Crippen LogP contribution >= 0.6 is 15.9 Å². The van der Waals surface area contributed by atoms with Gasteiger partial charge in [0.15, 0.2) is 0 Å². The molecule has 1 aliphatic heterocycles. The van der Waals surface area contributed by atoms with Crippen molar-refractivity contribution in [1.82, 2.24) is 19.0 Å². The molecule has 7 nitrogen and oxygen atoms in total. The molecule has 1 amide bonds. The van der Waals surface area contributed by atoms with Gasteiger partial charge in [0.2, 0.25) is 0 Å². The first-order valence-electron chi connectivity index (χ1n) is 9.83. The van der Waals surface area contributed by atoms with Crippen molar-refractivity contribution in [3.63, 3.8) is 0 Å². The lowest BCUT2D eigenvalue weighted by atomic mass is 10.0. The fourth-order valence-corrected chi connectivity index (χ4v) is 4.46. The number of hydrogen-bond acceptors (Lipinski definition) is 4. The zero-order chi connectivity index (χ0) is 22.3. The van der Waals surface area contributed by atoms with E-state index in [1.54, 1.807) is 23.2 Å². The maximum Gasteiger partial charge on any atom is 0.410 e. The first kappa shape index (κ1) is 21.3. The number of rotatable bonds is 2. The van der Waals surface area contributed by atoms with Crippen molar-refractivity contribution >= 4 is 27.9 Å². The molecule has 31 heavy (non-hydrogen) atoms. The SMILES string of the molecule is CC(C)(C)OC(=O)N1CCn2c(Br)c(-c3cccc(F)c3)c(C(=O)n3ccnc3)c2C1. The molecule has 162 valence electrons. The third kappa shape index (κ3) is 4.14. The molecule has 3 aromatic rings. The van der Waals surface area contributed by atoms with Crippen LogP contribution in [0.1, 0.15) is 36.8 Å². The highest BCUT2D eigenvalue weighted by Gasteiger charge is 2.34. The molecule has 0 unspecified atom stereocenters. The summed E-state index contributed by atoms with van der Waals surface area (Å²) in [6.07, 6.45) is 4.06. The van der Waals surface area contributed by atoms with Gasteiger partial charge in [-0.1, -0.05) is 12.1 Å².